The van der Waals surface area contributed by atoms with Crippen LogP contribution < -0.4 is 5.32 Å². The minimum atomic E-state index is 0. The summed E-state index contributed by atoms with van der Waals surface area (Å²) in [5.74, 6) is 1.93. The van der Waals surface area contributed by atoms with Crippen LogP contribution in [0.1, 0.15) is 45.1 Å². The van der Waals surface area contributed by atoms with Crippen molar-refractivity contribution in [2.75, 3.05) is 39.4 Å². The largest absolute Gasteiger partial charge is 0.381 e. The number of ether oxygens (including phenoxy) is 1. The number of guanidine groups is 1. The van der Waals surface area contributed by atoms with Crippen LogP contribution in [0.5, 0.6) is 0 Å². The molecule has 1 N–H and O–H groups in total. The molecule has 26 heavy (non-hydrogen) atoms. The average Bonchev–Trinajstić information content (AvgIpc) is 2.67. The molecule has 4 nitrogen and oxygen atoms in total. The Kier molecular flexibility index (Phi) is 8.67. The SMILES string of the molecule is CCNC(=NCC1(c2ccccc2)CCOCC1)N1CCC(C)CC1.I. The van der Waals surface area contributed by atoms with E-state index in [1.54, 1.807) is 0 Å². The molecular formula is C21H34IN3O. The van der Waals surface area contributed by atoms with Crippen molar-refractivity contribution in [3.8, 4) is 0 Å². The lowest BCUT2D eigenvalue weighted by Crippen LogP contribution is -2.46. The fourth-order valence-electron chi connectivity index (χ4n) is 3.96. The third kappa shape index (κ3) is 5.35. The van der Waals surface area contributed by atoms with Gasteiger partial charge in [-0.3, -0.25) is 4.99 Å². The van der Waals surface area contributed by atoms with Crippen LogP contribution in [0.2, 0.25) is 0 Å². The normalized spacial score (nSPS) is 21.2. The molecular weight excluding hydrogens is 437 g/mol. The van der Waals surface area contributed by atoms with E-state index < -0.39 is 0 Å². The number of likely N-dealkylation sites (tertiary alicyclic amines) is 1. The molecule has 0 aliphatic carbocycles. The number of aliphatic imine (C=N–C) groups is 1. The summed E-state index contributed by atoms with van der Waals surface area (Å²) in [5.41, 5.74) is 1.52. The maximum absolute atomic E-state index is 5.65. The molecule has 0 bridgehead atoms. The van der Waals surface area contributed by atoms with E-state index in [1.165, 1.54) is 18.4 Å². The molecule has 2 heterocycles. The summed E-state index contributed by atoms with van der Waals surface area (Å²) in [6.45, 7) is 10.2. The first-order chi connectivity index (χ1) is 12.2. The van der Waals surface area contributed by atoms with Gasteiger partial charge in [0, 0.05) is 38.3 Å². The predicted octanol–water partition coefficient (Wildman–Crippen LogP) is 4.05. The fourth-order valence-corrected chi connectivity index (χ4v) is 3.96. The molecule has 3 rings (SSSR count). The molecule has 0 spiro atoms. The summed E-state index contributed by atoms with van der Waals surface area (Å²) < 4.78 is 5.65. The van der Waals surface area contributed by atoms with Crippen molar-refractivity contribution in [1.29, 1.82) is 0 Å². The van der Waals surface area contributed by atoms with E-state index in [4.69, 9.17) is 9.73 Å². The van der Waals surface area contributed by atoms with Crippen LogP contribution in [0.4, 0.5) is 0 Å². The average molecular weight is 471 g/mol. The first-order valence-electron chi connectivity index (χ1n) is 9.90. The van der Waals surface area contributed by atoms with Gasteiger partial charge in [0.15, 0.2) is 5.96 Å². The zero-order valence-electron chi connectivity index (χ0n) is 16.2. The summed E-state index contributed by atoms with van der Waals surface area (Å²) in [7, 11) is 0. The van der Waals surface area contributed by atoms with Crippen LogP contribution in [0.15, 0.2) is 35.3 Å². The number of halogens is 1. The molecule has 0 aromatic heterocycles. The summed E-state index contributed by atoms with van der Waals surface area (Å²) in [5, 5.41) is 3.52. The molecule has 1 aromatic carbocycles. The van der Waals surface area contributed by atoms with Crippen LogP contribution in [0.25, 0.3) is 0 Å². The van der Waals surface area contributed by atoms with Crippen molar-refractivity contribution in [3.63, 3.8) is 0 Å². The van der Waals surface area contributed by atoms with E-state index >= 15 is 0 Å². The fraction of sp³-hybridized carbons (Fsp3) is 0.667. The third-order valence-electron chi connectivity index (χ3n) is 5.79. The van der Waals surface area contributed by atoms with E-state index in [0.29, 0.717) is 0 Å². The molecule has 146 valence electrons. The monoisotopic (exact) mass is 471 g/mol. The lowest BCUT2D eigenvalue weighted by Gasteiger charge is -2.38. The summed E-state index contributed by atoms with van der Waals surface area (Å²) >= 11 is 0. The standard InChI is InChI=1S/C21H33N3O.HI/c1-3-22-20(24-13-9-18(2)10-14-24)23-17-21(11-15-25-16-12-21)19-7-5-4-6-8-19;/h4-8,18H,3,9-17H2,1-2H3,(H,22,23);1H. The molecule has 5 heteroatoms. The molecule has 2 saturated heterocycles. The number of hydrogen-bond acceptors (Lipinski definition) is 2. The second-order valence-electron chi connectivity index (χ2n) is 7.60. The van der Waals surface area contributed by atoms with Crippen molar-refractivity contribution in [3.05, 3.63) is 35.9 Å². The van der Waals surface area contributed by atoms with Gasteiger partial charge in [-0.15, -0.1) is 24.0 Å². The van der Waals surface area contributed by atoms with E-state index in [2.05, 4.69) is 54.4 Å². The Morgan fingerprint density at radius 2 is 1.85 bits per heavy atom. The Morgan fingerprint density at radius 1 is 1.19 bits per heavy atom. The van der Waals surface area contributed by atoms with Crippen LogP contribution in [-0.4, -0.2) is 50.3 Å². The van der Waals surface area contributed by atoms with E-state index in [9.17, 15) is 0 Å². The highest BCUT2D eigenvalue weighted by Crippen LogP contribution is 2.35. The topological polar surface area (TPSA) is 36.9 Å². The van der Waals surface area contributed by atoms with E-state index in [-0.39, 0.29) is 29.4 Å². The number of nitrogens with zero attached hydrogens (tertiary/aromatic N) is 2. The summed E-state index contributed by atoms with van der Waals surface area (Å²) in [4.78, 5) is 7.56. The van der Waals surface area contributed by atoms with Gasteiger partial charge in [-0.1, -0.05) is 37.3 Å². The maximum Gasteiger partial charge on any atom is 0.193 e. The molecule has 2 aliphatic rings. The Morgan fingerprint density at radius 3 is 2.46 bits per heavy atom. The van der Waals surface area contributed by atoms with Gasteiger partial charge in [0.2, 0.25) is 0 Å². The van der Waals surface area contributed by atoms with Crippen molar-refractivity contribution in [2.45, 2.75) is 44.9 Å². The van der Waals surface area contributed by atoms with Gasteiger partial charge in [-0.05, 0) is 44.1 Å². The van der Waals surface area contributed by atoms with Crippen molar-refractivity contribution in [1.82, 2.24) is 10.2 Å². The van der Waals surface area contributed by atoms with Crippen molar-refractivity contribution >= 4 is 29.9 Å². The Bertz CT molecular complexity index is 550. The van der Waals surface area contributed by atoms with Crippen LogP contribution in [-0.2, 0) is 10.2 Å². The number of hydrogen-bond donors (Lipinski definition) is 1. The van der Waals surface area contributed by atoms with Gasteiger partial charge in [0.25, 0.3) is 0 Å². The maximum atomic E-state index is 5.65. The first kappa shape index (κ1) is 21.5. The second-order valence-corrected chi connectivity index (χ2v) is 7.60. The van der Waals surface area contributed by atoms with Crippen LogP contribution in [0, 0.1) is 5.92 Å². The van der Waals surface area contributed by atoms with Gasteiger partial charge in [-0.2, -0.15) is 0 Å². The van der Waals surface area contributed by atoms with Crippen LogP contribution in [0.3, 0.4) is 0 Å². The third-order valence-corrected chi connectivity index (χ3v) is 5.79. The second kappa shape index (κ2) is 10.5. The number of rotatable bonds is 4. The number of nitrogens with one attached hydrogen (secondary N) is 1. The van der Waals surface area contributed by atoms with Gasteiger partial charge in [0.05, 0.1) is 6.54 Å². The summed E-state index contributed by atoms with van der Waals surface area (Å²) in [6.07, 6.45) is 4.64. The minimum absolute atomic E-state index is 0. The first-order valence-corrected chi connectivity index (χ1v) is 9.90. The lowest BCUT2D eigenvalue weighted by molar-refractivity contribution is 0.0530. The number of benzene rings is 1. The highest BCUT2D eigenvalue weighted by Gasteiger charge is 2.34. The predicted molar refractivity (Wildman–Crippen MR) is 120 cm³/mol. The molecule has 0 amide bonds. The van der Waals surface area contributed by atoms with Crippen LogP contribution >= 0.6 is 24.0 Å². The Balaban J connectivity index is 0.00000243. The molecule has 2 aliphatic heterocycles. The van der Waals surface area contributed by atoms with Gasteiger partial charge < -0.3 is 15.0 Å². The van der Waals surface area contributed by atoms with Crippen molar-refractivity contribution in [2.24, 2.45) is 10.9 Å². The molecule has 1 aromatic rings. The van der Waals surface area contributed by atoms with Crippen molar-refractivity contribution < 1.29 is 4.74 Å². The zero-order valence-corrected chi connectivity index (χ0v) is 18.6. The van der Waals surface area contributed by atoms with Gasteiger partial charge >= 0.3 is 0 Å². The van der Waals surface area contributed by atoms with E-state index in [0.717, 1.165) is 64.1 Å². The lowest BCUT2D eigenvalue weighted by atomic mass is 9.74. The Labute approximate surface area is 175 Å². The smallest absolute Gasteiger partial charge is 0.193 e. The number of piperidine rings is 1. The molecule has 0 saturated carbocycles. The molecule has 2 fully saturated rings. The van der Waals surface area contributed by atoms with E-state index in [1.807, 2.05) is 0 Å². The molecule has 0 radical (unpaired) electrons. The molecule has 0 unspecified atom stereocenters. The van der Waals surface area contributed by atoms with Gasteiger partial charge in [-0.25, -0.2) is 0 Å². The highest BCUT2D eigenvalue weighted by molar-refractivity contribution is 14.0. The highest BCUT2D eigenvalue weighted by atomic mass is 127. The quantitative estimate of drug-likeness (QED) is 0.409. The Hall–Kier alpha value is -0.820. The zero-order chi connectivity index (χ0) is 17.5. The molecule has 0 atom stereocenters. The van der Waals surface area contributed by atoms with Gasteiger partial charge in [0.1, 0.15) is 0 Å². The minimum Gasteiger partial charge on any atom is -0.381 e. The summed E-state index contributed by atoms with van der Waals surface area (Å²) in [6, 6.07) is 10.9.